The number of rotatable bonds is 11. The quantitative estimate of drug-likeness (QED) is 0.270. The summed E-state index contributed by atoms with van der Waals surface area (Å²) in [6, 6.07) is 21.9. The van der Waals surface area contributed by atoms with Crippen LogP contribution in [0.3, 0.4) is 0 Å². The number of nitrogens with one attached hydrogen (secondary N) is 2. The van der Waals surface area contributed by atoms with Gasteiger partial charge in [0.25, 0.3) is 5.56 Å². The van der Waals surface area contributed by atoms with Crippen LogP contribution < -0.4 is 31.4 Å². The summed E-state index contributed by atoms with van der Waals surface area (Å²) >= 11 is 0. The van der Waals surface area contributed by atoms with Crippen molar-refractivity contribution in [1.82, 2.24) is 14.5 Å². The molecule has 230 valence electrons. The highest BCUT2D eigenvalue weighted by atomic mass is 16.5. The molecule has 5 rings (SSSR count). The van der Waals surface area contributed by atoms with Gasteiger partial charge < -0.3 is 20.1 Å². The molecule has 0 bridgehead atoms. The van der Waals surface area contributed by atoms with Gasteiger partial charge in [-0.2, -0.15) is 0 Å². The minimum Gasteiger partial charge on any atom is -0.493 e. The van der Waals surface area contributed by atoms with Crippen LogP contribution in [0.1, 0.15) is 31.2 Å². The zero-order valence-electron chi connectivity index (χ0n) is 25.1. The molecule has 1 aliphatic carbocycles. The van der Waals surface area contributed by atoms with Crippen LogP contribution in [-0.2, 0) is 29.1 Å². The van der Waals surface area contributed by atoms with E-state index in [0.29, 0.717) is 47.5 Å². The number of hydrogen-bond acceptors (Lipinski definition) is 6. The van der Waals surface area contributed by atoms with E-state index >= 15 is 0 Å². The van der Waals surface area contributed by atoms with Crippen molar-refractivity contribution in [2.75, 3.05) is 26.1 Å². The third kappa shape index (κ3) is 7.02. The molecular formula is C34H38N4O6. The largest absolute Gasteiger partial charge is 0.493 e. The Balaban J connectivity index is 1.26. The number of ether oxygens (including phenoxy) is 2. The van der Waals surface area contributed by atoms with E-state index in [2.05, 4.69) is 10.6 Å². The molecular weight excluding hydrogens is 560 g/mol. The Labute approximate surface area is 255 Å². The molecule has 2 amide bonds. The van der Waals surface area contributed by atoms with Gasteiger partial charge in [0, 0.05) is 30.8 Å². The summed E-state index contributed by atoms with van der Waals surface area (Å²) in [6.45, 7) is 0.556. The molecule has 1 heterocycles. The van der Waals surface area contributed by atoms with Gasteiger partial charge in [-0.25, -0.2) is 4.79 Å². The number of amides is 2. The zero-order chi connectivity index (χ0) is 31.1. The van der Waals surface area contributed by atoms with Crippen LogP contribution in [0.15, 0.2) is 82.4 Å². The van der Waals surface area contributed by atoms with E-state index in [0.717, 1.165) is 19.3 Å². The molecule has 0 atom stereocenters. The summed E-state index contributed by atoms with van der Waals surface area (Å²) in [4.78, 5) is 53.0. The Morgan fingerprint density at radius 3 is 2.27 bits per heavy atom. The van der Waals surface area contributed by atoms with Crippen molar-refractivity contribution in [3.8, 4) is 11.5 Å². The van der Waals surface area contributed by atoms with Crippen LogP contribution >= 0.6 is 0 Å². The molecule has 0 unspecified atom stereocenters. The topological polar surface area (TPSA) is 121 Å². The second-order valence-electron chi connectivity index (χ2n) is 11.2. The molecule has 0 aliphatic heterocycles. The fourth-order valence-electron chi connectivity index (χ4n) is 5.93. The predicted octanol–water partition coefficient (Wildman–Crippen LogP) is 3.98. The second-order valence-corrected chi connectivity index (χ2v) is 11.2. The second kappa shape index (κ2) is 14.1. The number of hydrogen-bond donors (Lipinski definition) is 2. The standard InChI is InChI=1S/C34H38N4O6/c1-43-29-17-16-26(20-30(29)44-2)36-31(39)22-37-28-11-7-6-10-27(28)33(41)38(34(37)42)21-24-12-14-25(15-13-24)32(40)35-19-18-23-8-4-3-5-9-23/h3-11,16-17,20,24-25H,12-15,18-19,21-22H2,1-2H3,(H,35,40)(H,36,39). The van der Waals surface area contributed by atoms with Crippen molar-refractivity contribution in [3.05, 3.63) is 99.2 Å². The third-order valence-corrected chi connectivity index (χ3v) is 8.32. The van der Waals surface area contributed by atoms with E-state index in [1.54, 1.807) is 42.5 Å². The lowest BCUT2D eigenvalue weighted by molar-refractivity contribution is -0.126. The van der Waals surface area contributed by atoms with Crippen LogP contribution in [0, 0.1) is 11.8 Å². The minimum absolute atomic E-state index is 0.0603. The lowest BCUT2D eigenvalue weighted by Crippen LogP contribution is -2.43. The first-order valence-corrected chi connectivity index (χ1v) is 14.9. The van der Waals surface area contributed by atoms with E-state index in [-0.39, 0.29) is 36.4 Å². The zero-order valence-corrected chi connectivity index (χ0v) is 25.1. The number of carbonyl (C=O) groups excluding carboxylic acids is 2. The van der Waals surface area contributed by atoms with Gasteiger partial charge in [-0.3, -0.25) is 23.5 Å². The maximum Gasteiger partial charge on any atom is 0.331 e. The highest BCUT2D eigenvalue weighted by molar-refractivity contribution is 5.92. The van der Waals surface area contributed by atoms with E-state index in [4.69, 9.17) is 9.47 Å². The fourth-order valence-corrected chi connectivity index (χ4v) is 5.93. The highest BCUT2D eigenvalue weighted by Crippen LogP contribution is 2.31. The molecule has 10 heteroatoms. The number of benzene rings is 3. The molecule has 44 heavy (non-hydrogen) atoms. The Hall–Kier alpha value is -4.86. The number of fused-ring (bicyclic) bond motifs is 1. The summed E-state index contributed by atoms with van der Waals surface area (Å²) in [7, 11) is 3.03. The highest BCUT2D eigenvalue weighted by Gasteiger charge is 2.27. The Morgan fingerprint density at radius 1 is 0.841 bits per heavy atom. The van der Waals surface area contributed by atoms with Gasteiger partial charge in [-0.1, -0.05) is 42.5 Å². The van der Waals surface area contributed by atoms with Crippen LogP contribution in [0.25, 0.3) is 10.9 Å². The molecule has 10 nitrogen and oxygen atoms in total. The Morgan fingerprint density at radius 2 is 1.55 bits per heavy atom. The summed E-state index contributed by atoms with van der Waals surface area (Å²) in [5, 5.41) is 6.24. The molecule has 0 radical (unpaired) electrons. The number of carbonyl (C=O) groups is 2. The third-order valence-electron chi connectivity index (χ3n) is 8.32. The molecule has 1 aliphatic rings. The normalized spacial score (nSPS) is 16.3. The SMILES string of the molecule is COc1ccc(NC(=O)Cn2c(=O)n(CC3CCC(C(=O)NCCc4ccccc4)CC3)c(=O)c3ccccc32)cc1OC. The summed E-state index contributed by atoms with van der Waals surface area (Å²) in [5.74, 6) is 0.619. The smallest absolute Gasteiger partial charge is 0.331 e. The van der Waals surface area contributed by atoms with Crippen molar-refractivity contribution in [2.24, 2.45) is 11.8 Å². The lowest BCUT2D eigenvalue weighted by atomic mass is 9.81. The molecule has 4 aromatic rings. The van der Waals surface area contributed by atoms with E-state index in [9.17, 15) is 19.2 Å². The van der Waals surface area contributed by atoms with Crippen LogP contribution in [-0.4, -0.2) is 41.7 Å². The molecule has 3 aromatic carbocycles. The lowest BCUT2D eigenvalue weighted by Gasteiger charge is -2.28. The number of nitrogens with zero attached hydrogens (tertiary/aromatic N) is 2. The fraction of sp³-hybridized carbons (Fsp3) is 0.353. The summed E-state index contributed by atoms with van der Waals surface area (Å²) in [5.41, 5.74) is 1.16. The molecule has 1 fully saturated rings. The summed E-state index contributed by atoms with van der Waals surface area (Å²) in [6.07, 6.45) is 3.65. The van der Waals surface area contributed by atoms with E-state index in [1.807, 2.05) is 30.3 Å². The first-order chi connectivity index (χ1) is 21.4. The molecule has 0 spiro atoms. The van der Waals surface area contributed by atoms with Gasteiger partial charge in [-0.05, 0) is 67.9 Å². The van der Waals surface area contributed by atoms with Gasteiger partial charge in [0.15, 0.2) is 11.5 Å². The van der Waals surface area contributed by atoms with Crippen molar-refractivity contribution in [3.63, 3.8) is 0 Å². The number of anilines is 1. The van der Waals surface area contributed by atoms with Crippen LogP contribution in [0.4, 0.5) is 5.69 Å². The number of aromatic nitrogens is 2. The van der Waals surface area contributed by atoms with Gasteiger partial charge in [0.2, 0.25) is 11.8 Å². The van der Waals surface area contributed by atoms with Crippen molar-refractivity contribution in [1.29, 1.82) is 0 Å². The maximum absolute atomic E-state index is 13.7. The Bertz CT molecular complexity index is 1740. The maximum atomic E-state index is 13.7. The average Bonchev–Trinajstić information content (AvgIpc) is 3.05. The van der Waals surface area contributed by atoms with Crippen molar-refractivity contribution >= 4 is 28.4 Å². The van der Waals surface area contributed by atoms with Gasteiger partial charge in [-0.15, -0.1) is 0 Å². The van der Waals surface area contributed by atoms with Crippen molar-refractivity contribution < 1.29 is 19.1 Å². The van der Waals surface area contributed by atoms with Gasteiger partial charge in [0.05, 0.1) is 25.1 Å². The van der Waals surface area contributed by atoms with Crippen LogP contribution in [0.5, 0.6) is 11.5 Å². The molecule has 2 N–H and O–H groups in total. The summed E-state index contributed by atoms with van der Waals surface area (Å²) < 4.78 is 13.2. The van der Waals surface area contributed by atoms with E-state index in [1.165, 1.54) is 28.9 Å². The monoisotopic (exact) mass is 598 g/mol. The van der Waals surface area contributed by atoms with Crippen molar-refractivity contribution in [2.45, 2.75) is 45.2 Å². The molecule has 1 aromatic heterocycles. The Kier molecular flexibility index (Phi) is 9.79. The molecule has 1 saturated carbocycles. The first kappa shape index (κ1) is 30.6. The van der Waals surface area contributed by atoms with Gasteiger partial charge in [0.1, 0.15) is 6.54 Å². The average molecular weight is 599 g/mol. The van der Waals surface area contributed by atoms with Gasteiger partial charge >= 0.3 is 5.69 Å². The number of para-hydroxylation sites is 1. The number of methoxy groups -OCH3 is 2. The predicted molar refractivity (Wildman–Crippen MR) is 169 cm³/mol. The minimum atomic E-state index is -0.531. The first-order valence-electron chi connectivity index (χ1n) is 14.9. The van der Waals surface area contributed by atoms with E-state index < -0.39 is 11.6 Å². The molecule has 0 saturated heterocycles. The van der Waals surface area contributed by atoms with Crippen LogP contribution in [0.2, 0.25) is 0 Å².